The first kappa shape index (κ1) is 15.4. The van der Waals surface area contributed by atoms with Crippen LogP contribution in [0.15, 0.2) is 12.1 Å². The molecule has 2 unspecified atom stereocenters. The van der Waals surface area contributed by atoms with Gasteiger partial charge >= 0.3 is 0 Å². The molecule has 2 fully saturated rings. The van der Waals surface area contributed by atoms with Gasteiger partial charge in [0.15, 0.2) is 0 Å². The summed E-state index contributed by atoms with van der Waals surface area (Å²) in [5.41, 5.74) is 0.497. The van der Waals surface area contributed by atoms with Crippen LogP contribution in [0.1, 0.15) is 0 Å². The highest BCUT2D eigenvalue weighted by molar-refractivity contribution is 6.44. The second kappa shape index (κ2) is 6.31. The van der Waals surface area contributed by atoms with Crippen molar-refractivity contribution in [3.63, 3.8) is 0 Å². The predicted octanol–water partition coefficient (Wildman–Crippen LogP) is 2.74. The van der Waals surface area contributed by atoms with Gasteiger partial charge in [0, 0.05) is 13.1 Å². The Hall–Kier alpha value is -0.520. The first-order valence-corrected chi connectivity index (χ1v) is 8.04. The van der Waals surface area contributed by atoms with Crippen LogP contribution in [0.2, 0.25) is 15.1 Å². The molecule has 1 amide bonds. The first-order chi connectivity index (χ1) is 10.0. The number of likely N-dealkylation sites (tertiary alicyclic amines) is 1. The zero-order chi connectivity index (χ0) is 15.0. The maximum atomic E-state index is 12.1. The smallest absolute Gasteiger partial charge is 0.238 e. The van der Waals surface area contributed by atoms with Crippen LogP contribution in [-0.4, -0.2) is 43.5 Å². The van der Waals surface area contributed by atoms with Gasteiger partial charge in [-0.05, 0) is 37.1 Å². The number of hydrogen-bond acceptors (Lipinski definition) is 3. The van der Waals surface area contributed by atoms with Crippen LogP contribution in [0.5, 0.6) is 0 Å². The van der Waals surface area contributed by atoms with Crippen molar-refractivity contribution >= 4 is 46.4 Å². The van der Waals surface area contributed by atoms with Crippen molar-refractivity contribution in [2.45, 2.75) is 0 Å². The molecule has 4 nitrogen and oxygen atoms in total. The Labute approximate surface area is 138 Å². The summed E-state index contributed by atoms with van der Waals surface area (Å²) >= 11 is 17.9. The van der Waals surface area contributed by atoms with Crippen molar-refractivity contribution in [2.75, 3.05) is 38.0 Å². The number of rotatable bonds is 3. The van der Waals surface area contributed by atoms with Crippen molar-refractivity contribution in [1.29, 1.82) is 0 Å². The van der Waals surface area contributed by atoms with Crippen LogP contribution >= 0.6 is 34.8 Å². The molecule has 2 heterocycles. The van der Waals surface area contributed by atoms with Crippen LogP contribution in [-0.2, 0) is 4.79 Å². The molecule has 0 radical (unpaired) electrons. The van der Waals surface area contributed by atoms with Gasteiger partial charge in [0.1, 0.15) is 0 Å². The lowest BCUT2D eigenvalue weighted by Crippen LogP contribution is -2.33. The lowest BCUT2D eigenvalue weighted by atomic mass is 10.0. The third kappa shape index (κ3) is 3.46. The highest BCUT2D eigenvalue weighted by Gasteiger charge is 2.36. The number of benzene rings is 1. The zero-order valence-electron chi connectivity index (χ0n) is 11.3. The van der Waals surface area contributed by atoms with Gasteiger partial charge in [-0.15, -0.1) is 0 Å². The Morgan fingerprint density at radius 1 is 1.14 bits per heavy atom. The maximum absolute atomic E-state index is 12.1. The Morgan fingerprint density at radius 3 is 2.43 bits per heavy atom. The van der Waals surface area contributed by atoms with Gasteiger partial charge in [0.25, 0.3) is 0 Å². The monoisotopic (exact) mass is 347 g/mol. The highest BCUT2D eigenvalue weighted by Crippen LogP contribution is 2.32. The molecular weight excluding hydrogens is 333 g/mol. The van der Waals surface area contributed by atoms with Crippen LogP contribution in [0, 0.1) is 11.8 Å². The summed E-state index contributed by atoms with van der Waals surface area (Å²) < 4.78 is 0. The van der Waals surface area contributed by atoms with Crippen LogP contribution in [0.25, 0.3) is 0 Å². The van der Waals surface area contributed by atoms with E-state index in [2.05, 4.69) is 15.5 Å². The van der Waals surface area contributed by atoms with Crippen LogP contribution in [0.4, 0.5) is 5.69 Å². The standard InChI is InChI=1S/C14H16Cl3N3O/c15-10-1-12(17)13(2-11(10)16)19-14(21)7-20-5-8-3-18-4-9(8)6-20/h1-2,8-9,18H,3-7H2,(H,19,21). The van der Waals surface area contributed by atoms with E-state index in [1.807, 2.05) is 0 Å². The van der Waals surface area contributed by atoms with Gasteiger partial charge in [-0.2, -0.15) is 0 Å². The number of halogens is 3. The molecule has 2 saturated heterocycles. The summed E-state index contributed by atoms with van der Waals surface area (Å²) in [7, 11) is 0. The second-order valence-corrected chi connectivity index (χ2v) is 6.89. The number of carbonyl (C=O) groups is 1. The number of nitrogens with one attached hydrogen (secondary N) is 2. The summed E-state index contributed by atoms with van der Waals surface area (Å²) in [6.07, 6.45) is 0. The molecule has 0 aliphatic carbocycles. The van der Waals surface area contributed by atoms with Crippen molar-refractivity contribution in [3.8, 4) is 0 Å². The average Bonchev–Trinajstić information content (AvgIpc) is 2.96. The Morgan fingerprint density at radius 2 is 1.76 bits per heavy atom. The number of anilines is 1. The fraction of sp³-hybridized carbons (Fsp3) is 0.500. The lowest BCUT2D eigenvalue weighted by Gasteiger charge is -2.17. The van der Waals surface area contributed by atoms with Crippen LogP contribution < -0.4 is 10.6 Å². The number of nitrogens with zero attached hydrogens (tertiary/aromatic N) is 1. The maximum Gasteiger partial charge on any atom is 0.238 e. The Bertz CT molecular complexity index is 555. The third-order valence-corrected chi connectivity index (χ3v) is 5.15. The highest BCUT2D eigenvalue weighted by atomic mass is 35.5. The van der Waals surface area contributed by atoms with E-state index < -0.39 is 0 Å². The van der Waals surface area contributed by atoms with Crippen molar-refractivity contribution in [1.82, 2.24) is 10.2 Å². The molecule has 1 aromatic rings. The summed E-state index contributed by atoms with van der Waals surface area (Å²) in [5.74, 6) is 1.26. The quantitative estimate of drug-likeness (QED) is 0.826. The second-order valence-electron chi connectivity index (χ2n) is 5.67. The fourth-order valence-electron chi connectivity index (χ4n) is 3.09. The summed E-state index contributed by atoms with van der Waals surface area (Å²) in [6.45, 7) is 4.44. The molecule has 0 saturated carbocycles. The molecule has 21 heavy (non-hydrogen) atoms. The zero-order valence-corrected chi connectivity index (χ0v) is 13.6. The van der Waals surface area contributed by atoms with E-state index in [0.717, 1.165) is 26.2 Å². The molecule has 0 aromatic heterocycles. The summed E-state index contributed by atoms with van der Waals surface area (Å²) in [5, 5.41) is 7.32. The summed E-state index contributed by atoms with van der Waals surface area (Å²) in [4.78, 5) is 14.3. The Kier molecular flexibility index (Phi) is 4.62. The molecule has 114 valence electrons. The molecular formula is C14H16Cl3N3O. The molecule has 2 atom stereocenters. The molecule has 7 heteroatoms. The molecule has 3 rings (SSSR count). The first-order valence-electron chi connectivity index (χ1n) is 6.90. The number of carbonyl (C=O) groups excluding carboxylic acids is 1. The van der Waals surface area contributed by atoms with E-state index in [1.165, 1.54) is 6.07 Å². The number of hydrogen-bond donors (Lipinski definition) is 2. The molecule has 2 aliphatic heterocycles. The summed E-state index contributed by atoms with van der Waals surface area (Å²) in [6, 6.07) is 3.11. The molecule has 0 bridgehead atoms. The van der Waals surface area contributed by atoms with Gasteiger partial charge in [0.05, 0.1) is 27.3 Å². The lowest BCUT2D eigenvalue weighted by molar-refractivity contribution is -0.117. The third-order valence-electron chi connectivity index (χ3n) is 4.12. The van der Waals surface area contributed by atoms with Crippen LogP contribution in [0.3, 0.4) is 0 Å². The van der Waals surface area contributed by atoms with Gasteiger partial charge in [-0.25, -0.2) is 0 Å². The predicted molar refractivity (Wildman–Crippen MR) is 86.4 cm³/mol. The minimum Gasteiger partial charge on any atom is -0.324 e. The minimum absolute atomic E-state index is 0.0804. The molecule has 2 N–H and O–H groups in total. The van der Waals surface area contributed by atoms with Gasteiger partial charge in [0.2, 0.25) is 5.91 Å². The van der Waals surface area contributed by atoms with E-state index in [9.17, 15) is 4.79 Å². The fourth-order valence-corrected chi connectivity index (χ4v) is 3.69. The molecule has 1 aromatic carbocycles. The van der Waals surface area contributed by atoms with E-state index in [-0.39, 0.29) is 5.91 Å². The van der Waals surface area contributed by atoms with Gasteiger partial charge in [-0.1, -0.05) is 34.8 Å². The van der Waals surface area contributed by atoms with Crippen molar-refractivity contribution < 1.29 is 4.79 Å². The normalized spacial score (nSPS) is 25.1. The largest absolute Gasteiger partial charge is 0.324 e. The number of fused-ring (bicyclic) bond motifs is 1. The van der Waals surface area contributed by atoms with Gasteiger partial charge < -0.3 is 10.6 Å². The van der Waals surface area contributed by atoms with E-state index in [1.54, 1.807) is 6.07 Å². The van der Waals surface area contributed by atoms with Gasteiger partial charge in [-0.3, -0.25) is 9.69 Å². The Balaban J connectivity index is 1.58. The van der Waals surface area contributed by atoms with E-state index >= 15 is 0 Å². The SMILES string of the molecule is O=C(CN1CC2CNCC2C1)Nc1cc(Cl)c(Cl)cc1Cl. The van der Waals surface area contributed by atoms with Crippen molar-refractivity contribution in [2.24, 2.45) is 11.8 Å². The van der Waals surface area contributed by atoms with E-state index in [4.69, 9.17) is 34.8 Å². The van der Waals surface area contributed by atoms with E-state index in [0.29, 0.717) is 39.1 Å². The number of amides is 1. The van der Waals surface area contributed by atoms with Crippen molar-refractivity contribution in [3.05, 3.63) is 27.2 Å². The topological polar surface area (TPSA) is 44.4 Å². The molecule has 2 aliphatic rings. The average molecular weight is 349 g/mol. The minimum atomic E-state index is -0.0804. The molecule has 0 spiro atoms.